The van der Waals surface area contributed by atoms with Gasteiger partial charge in [-0.25, -0.2) is 0 Å². The summed E-state index contributed by atoms with van der Waals surface area (Å²) in [4.78, 5) is 35.9. The van der Waals surface area contributed by atoms with Gasteiger partial charge in [-0.05, 0) is 61.9 Å². The van der Waals surface area contributed by atoms with Crippen molar-refractivity contribution in [2.45, 2.75) is 36.8 Å². The van der Waals surface area contributed by atoms with Gasteiger partial charge in [-0.1, -0.05) is 6.92 Å². The molecule has 0 radical (unpaired) electrons. The van der Waals surface area contributed by atoms with Crippen molar-refractivity contribution in [3.05, 3.63) is 54.1 Å². The highest BCUT2D eigenvalue weighted by Gasteiger charge is 2.15. The summed E-state index contributed by atoms with van der Waals surface area (Å²) in [5.41, 5.74) is 6.93. The van der Waals surface area contributed by atoms with Gasteiger partial charge in [0, 0.05) is 28.3 Å². The molecule has 4 N–H and O–H groups in total. The van der Waals surface area contributed by atoms with Crippen LogP contribution in [0.15, 0.2) is 53.4 Å². The van der Waals surface area contributed by atoms with E-state index in [2.05, 4.69) is 10.6 Å². The molecule has 2 aromatic carbocycles. The molecule has 6 nitrogen and oxygen atoms in total. The average Bonchev–Trinajstić information content (AvgIpc) is 2.64. The summed E-state index contributed by atoms with van der Waals surface area (Å²) in [5.74, 6) is -0.661. The summed E-state index contributed by atoms with van der Waals surface area (Å²) in [7, 11) is 0. The summed E-state index contributed by atoms with van der Waals surface area (Å²) in [5, 5.41) is 5.32. The van der Waals surface area contributed by atoms with Gasteiger partial charge in [-0.2, -0.15) is 0 Å². The van der Waals surface area contributed by atoms with Crippen molar-refractivity contribution in [3.8, 4) is 0 Å². The van der Waals surface area contributed by atoms with E-state index in [1.165, 1.54) is 11.8 Å². The summed E-state index contributed by atoms with van der Waals surface area (Å²) in [6.07, 6.45) is 1.30. The van der Waals surface area contributed by atoms with E-state index < -0.39 is 5.91 Å². The minimum absolute atomic E-state index is 0.00648. The smallest absolute Gasteiger partial charge is 0.248 e. The number of carbonyl (C=O) groups excluding carboxylic acids is 3. The lowest BCUT2D eigenvalue weighted by Gasteiger charge is -2.13. The Labute approximate surface area is 162 Å². The summed E-state index contributed by atoms with van der Waals surface area (Å²) in [6, 6.07) is 13.8. The largest absolute Gasteiger partial charge is 0.366 e. The van der Waals surface area contributed by atoms with Crippen LogP contribution in [-0.2, 0) is 9.59 Å². The van der Waals surface area contributed by atoms with Crippen molar-refractivity contribution in [1.82, 2.24) is 0 Å². The molecule has 0 fully saturated rings. The van der Waals surface area contributed by atoms with Gasteiger partial charge in [0.25, 0.3) is 0 Å². The van der Waals surface area contributed by atoms with Crippen molar-refractivity contribution in [3.63, 3.8) is 0 Å². The van der Waals surface area contributed by atoms with Crippen LogP contribution in [0.4, 0.5) is 11.4 Å². The fraction of sp³-hybridized carbons (Fsp3) is 0.250. The van der Waals surface area contributed by atoms with E-state index in [9.17, 15) is 14.4 Å². The van der Waals surface area contributed by atoms with E-state index in [1.54, 1.807) is 24.3 Å². The molecule has 0 saturated heterocycles. The number of benzene rings is 2. The van der Waals surface area contributed by atoms with Crippen molar-refractivity contribution >= 4 is 40.9 Å². The standard InChI is InChI=1S/C20H23N3O3S/c1-3-4-18(24)22-15-9-11-17(12-10-15)27-13(2)20(26)23-16-7-5-14(6-8-16)19(21)25/h5-13H,3-4H2,1-2H3,(H2,21,25)(H,22,24)(H,23,26). The zero-order valence-electron chi connectivity index (χ0n) is 15.3. The van der Waals surface area contributed by atoms with Gasteiger partial charge in [0.15, 0.2) is 0 Å². The Morgan fingerprint density at radius 2 is 1.52 bits per heavy atom. The number of nitrogens with one attached hydrogen (secondary N) is 2. The molecule has 0 bridgehead atoms. The van der Waals surface area contributed by atoms with E-state index in [4.69, 9.17) is 5.73 Å². The lowest BCUT2D eigenvalue weighted by atomic mass is 10.2. The van der Waals surface area contributed by atoms with Gasteiger partial charge in [-0.15, -0.1) is 11.8 Å². The molecule has 2 aromatic rings. The molecule has 2 rings (SSSR count). The minimum atomic E-state index is -0.508. The zero-order valence-corrected chi connectivity index (χ0v) is 16.1. The van der Waals surface area contributed by atoms with E-state index in [1.807, 2.05) is 38.1 Å². The predicted molar refractivity (Wildman–Crippen MR) is 109 cm³/mol. The minimum Gasteiger partial charge on any atom is -0.366 e. The van der Waals surface area contributed by atoms with E-state index in [-0.39, 0.29) is 17.1 Å². The Balaban J connectivity index is 1.89. The third-order valence-electron chi connectivity index (χ3n) is 3.73. The first kappa shape index (κ1) is 20.5. The number of nitrogens with two attached hydrogens (primary N) is 1. The van der Waals surface area contributed by atoms with Gasteiger partial charge in [0.2, 0.25) is 17.7 Å². The quantitative estimate of drug-likeness (QED) is 0.604. The second kappa shape index (κ2) is 9.78. The molecule has 0 spiro atoms. The van der Waals surface area contributed by atoms with Crippen LogP contribution in [0.1, 0.15) is 37.0 Å². The van der Waals surface area contributed by atoms with Gasteiger partial charge in [0.05, 0.1) is 5.25 Å². The lowest BCUT2D eigenvalue weighted by Crippen LogP contribution is -2.22. The predicted octanol–water partition coefficient (Wildman–Crippen LogP) is 3.64. The zero-order chi connectivity index (χ0) is 19.8. The number of hydrogen-bond donors (Lipinski definition) is 3. The number of amides is 3. The third kappa shape index (κ3) is 6.45. The molecule has 0 saturated carbocycles. The molecule has 1 atom stereocenters. The van der Waals surface area contributed by atoms with Crippen molar-refractivity contribution < 1.29 is 14.4 Å². The van der Waals surface area contributed by atoms with Gasteiger partial charge in [-0.3, -0.25) is 14.4 Å². The molecule has 142 valence electrons. The molecular formula is C20H23N3O3S. The fourth-order valence-corrected chi connectivity index (χ4v) is 3.15. The first-order chi connectivity index (χ1) is 12.9. The Morgan fingerprint density at radius 3 is 2.07 bits per heavy atom. The highest BCUT2D eigenvalue weighted by Crippen LogP contribution is 2.25. The van der Waals surface area contributed by atoms with Crippen LogP contribution in [-0.4, -0.2) is 23.0 Å². The average molecular weight is 385 g/mol. The first-order valence-corrected chi connectivity index (χ1v) is 9.54. The van der Waals surface area contributed by atoms with E-state index in [0.29, 0.717) is 17.7 Å². The second-order valence-corrected chi connectivity index (χ2v) is 7.43. The number of anilines is 2. The molecule has 0 heterocycles. The van der Waals surface area contributed by atoms with Crippen molar-refractivity contribution in [1.29, 1.82) is 0 Å². The number of primary amides is 1. The number of carbonyl (C=O) groups is 3. The number of thioether (sulfide) groups is 1. The summed E-state index contributed by atoms with van der Waals surface area (Å²) < 4.78 is 0. The second-order valence-electron chi connectivity index (χ2n) is 6.01. The molecular weight excluding hydrogens is 362 g/mol. The van der Waals surface area contributed by atoms with Crippen LogP contribution < -0.4 is 16.4 Å². The van der Waals surface area contributed by atoms with Crippen LogP contribution in [0.3, 0.4) is 0 Å². The molecule has 0 aliphatic rings. The number of hydrogen-bond acceptors (Lipinski definition) is 4. The molecule has 3 amide bonds. The van der Waals surface area contributed by atoms with Crippen molar-refractivity contribution in [2.75, 3.05) is 10.6 Å². The molecule has 0 aromatic heterocycles. The topological polar surface area (TPSA) is 101 Å². The Kier molecular flexibility index (Phi) is 7.43. The van der Waals surface area contributed by atoms with Crippen LogP contribution in [0.5, 0.6) is 0 Å². The van der Waals surface area contributed by atoms with Crippen LogP contribution in [0.2, 0.25) is 0 Å². The van der Waals surface area contributed by atoms with Crippen molar-refractivity contribution in [2.24, 2.45) is 5.73 Å². The highest BCUT2D eigenvalue weighted by molar-refractivity contribution is 8.00. The Bertz CT molecular complexity index is 804. The molecule has 27 heavy (non-hydrogen) atoms. The molecule has 0 aliphatic heterocycles. The Morgan fingerprint density at radius 1 is 0.963 bits per heavy atom. The van der Waals surface area contributed by atoms with E-state index in [0.717, 1.165) is 17.0 Å². The molecule has 0 aliphatic carbocycles. The van der Waals surface area contributed by atoms with Crippen LogP contribution in [0.25, 0.3) is 0 Å². The fourth-order valence-electron chi connectivity index (χ4n) is 2.29. The monoisotopic (exact) mass is 385 g/mol. The summed E-state index contributed by atoms with van der Waals surface area (Å²) >= 11 is 1.42. The van der Waals surface area contributed by atoms with Gasteiger partial charge < -0.3 is 16.4 Å². The first-order valence-electron chi connectivity index (χ1n) is 8.66. The normalized spacial score (nSPS) is 11.5. The maximum absolute atomic E-state index is 12.3. The molecule has 7 heteroatoms. The van der Waals surface area contributed by atoms with Gasteiger partial charge in [0.1, 0.15) is 0 Å². The Hall–Kier alpha value is -2.80. The maximum atomic E-state index is 12.3. The third-order valence-corrected chi connectivity index (χ3v) is 4.85. The SMILES string of the molecule is CCCC(=O)Nc1ccc(SC(C)C(=O)Nc2ccc(C(N)=O)cc2)cc1. The highest BCUT2D eigenvalue weighted by atomic mass is 32.2. The number of rotatable bonds is 8. The van der Waals surface area contributed by atoms with Gasteiger partial charge >= 0.3 is 0 Å². The van der Waals surface area contributed by atoms with Crippen LogP contribution >= 0.6 is 11.8 Å². The molecule has 1 unspecified atom stereocenters. The maximum Gasteiger partial charge on any atom is 0.248 e. The summed E-state index contributed by atoms with van der Waals surface area (Å²) in [6.45, 7) is 3.77. The lowest BCUT2D eigenvalue weighted by molar-refractivity contribution is -0.116. The van der Waals surface area contributed by atoms with Crippen LogP contribution in [0, 0.1) is 0 Å². The van der Waals surface area contributed by atoms with E-state index >= 15 is 0 Å².